The molecular weight excluding hydrogens is 515 g/mol. The quantitative estimate of drug-likeness (QED) is 0.346. The summed E-state index contributed by atoms with van der Waals surface area (Å²) in [6.45, 7) is 10.2. The Hall–Kier alpha value is -0.790. The van der Waals surface area contributed by atoms with Gasteiger partial charge in [-0.15, -0.1) is 45.8 Å². The summed E-state index contributed by atoms with van der Waals surface area (Å²) in [5, 5.41) is 5.22. The predicted octanol–water partition coefficient (Wildman–Crippen LogP) is 1.35. The number of benzene rings is 2. The molecule has 1 radical (unpaired) electrons. The minimum atomic E-state index is -1.93. The Morgan fingerprint density at radius 1 is 0.806 bits per heavy atom. The van der Waals surface area contributed by atoms with E-state index < -0.39 is 8.07 Å². The molecule has 3 aromatic carbocycles. The summed E-state index contributed by atoms with van der Waals surface area (Å²) in [5.74, 6) is 0. The van der Waals surface area contributed by atoms with Gasteiger partial charge in [-0.1, -0.05) is 94.0 Å². The van der Waals surface area contributed by atoms with Crippen LogP contribution >= 0.6 is 0 Å². The van der Waals surface area contributed by atoms with Crippen molar-refractivity contribution < 1.29 is 51.0 Å². The van der Waals surface area contributed by atoms with Crippen molar-refractivity contribution in [3.05, 3.63) is 85.0 Å². The molecule has 0 saturated carbocycles. The van der Waals surface area contributed by atoms with Crippen molar-refractivity contribution in [2.45, 2.75) is 49.7 Å². The molecule has 0 unspecified atom stereocenters. The summed E-state index contributed by atoms with van der Waals surface area (Å²) in [4.78, 5) is 0. The van der Waals surface area contributed by atoms with Crippen LogP contribution in [0.2, 0.25) is 15.6 Å². The number of hydrogen-bond donors (Lipinski definition) is 0. The monoisotopic (exact) mass is 541 g/mol. The van der Waals surface area contributed by atoms with Crippen molar-refractivity contribution in [3.8, 4) is 11.1 Å². The molecule has 1 aliphatic heterocycles. The topological polar surface area (TPSA) is 0 Å². The summed E-state index contributed by atoms with van der Waals surface area (Å²) < 4.78 is 0. The maximum Gasteiger partial charge on any atom is 3.00 e. The van der Waals surface area contributed by atoms with Crippen LogP contribution in [0.1, 0.15) is 34.1 Å². The fourth-order valence-electron chi connectivity index (χ4n) is 7.17. The third kappa shape index (κ3) is 3.63. The van der Waals surface area contributed by atoms with Crippen molar-refractivity contribution in [2.24, 2.45) is 0 Å². The van der Waals surface area contributed by atoms with Gasteiger partial charge in [0, 0.05) is 0 Å². The number of hydrogen-bond acceptors (Lipinski definition) is 0. The molecule has 0 N–H and O–H groups in total. The Bertz CT molecular complexity index is 1080. The smallest absolute Gasteiger partial charge is 1.00 e. The summed E-state index contributed by atoms with van der Waals surface area (Å²) in [7, 11) is -1.93. The van der Waals surface area contributed by atoms with E-state index in [1.54, 1.807) is 5.19 Å². The maximum atomic E-state index is 2.56. The van der Waals surface area contributed by atoms with Gasteiger partial charge in [0.2, 0.25) is 0 Å². The van der Waals surface area contributed by atoms with Crippen LogP contribution in [0, 0.1) is 0 Å². The molecule has 5 rings (SSSR count). The summed E-state index contributed by atoms with van der Waals surface area (Å²) in [5.41, 5.74) is 3.44. The Morgan fingerprint density at radius 2 is 1.35 bits per heavy atom. The average molecular weight is 544 g/mol. The van der Waals surface area contributed by atoms with Gasteiger partial charge in [0.25, 0.3) is 0 Å². The predicted molar refractivity (Wildman–Crippen MR) is 125 cm³/mol. The van der Waals surface area contributed by atoms with Crippen LogP contribution in [0.4, 0.5) is 0 Å². The van der Waals surface area contributed by atoms with Gasteiger partial charge in [-0.25, -0.2) is 0 Å². The second-order valence-electron chi connectivity index (χ2n) is 9.93. The van der Waals surface area contributed by atoms with E-state index in [9.17, 15) is 0 Å². The van der Waals surface area contributed by atoms with E-state index in [1.807, 2.05) is 0 Å². The van der Waals surface area contributed by atoms with Crippen LogP contribution in [-0.4, -0.2) is 8.07 Å². The third-order valence-electron chi connectivity index (χ3n) is 7.55. The molecule has 1 aliphatic carbocycles. The molecule has 1 fully saturated rings. The van der Waals surface area contributed by atoms with Crippen molar-refractivity contribution >= 4 is 24.0 Å². The Kier molecular flexibility index (Phi) is 7.87. The van der Waals surface area contributed by atoms with E-state index in [4.69, 9.17) is 0 Å². The van der Waals surface area contributed by atoms with Crippen LogP contribution in [0.3, 0.4) is 0 Å². The van der Waals surface area contributed by atoms with Crippen LogP contribution in [-0.2, 0) is 26.2 Å². The molecule has 2 aliphatic rings. The van der Waals surface area contributed by atoms with Crippen LogP contribution in [0.5, 0.6) is 0 Å². The van der Waals surface area contributed by atoms with Gasteiger partial charge < -0.3 is 24.8 Å². The minimum Gasteiger partial charge on any atom is -1.00 e. The molecule has 4 heteroatoms. The first-order valence-electron chi connectivity index (χ1n) is 10.5. The molecule has 0 nitrogen and oxygen atoms in total. The molecule has 0 amide bonds. The first-order chi connectivity index (χ1) is 13.4. The fraction of sp³-hybridized carbons (Fsp3) is 0.296. The van der Waals surface area contributed by atoms with Gasteiger partial charge in [0.15, 0.2) is 0 Å². The Morgan fingerprint density at radius 3 is 1.94 bits per heavy atom. The maximum absolute atomic E-state index is 2.56. The molecule has 159 valence electrons. The number of allylic oxidation sites excluding steroid dienone is 4. The summed E-state index contributed by atoms with van der Waals surface area (Å²) in [6, 6.07) is 22.6. The van der Waals surface area contributed by atoms with E-state index in [1.165, 1.54) is 28.3 Å². The molecule has 3 aromatic rings. The zero-order valence-electron chi connectivity index (χ0n) is 18.6. The van der Waals surface area contributed by atoms with Crippen molar-refractivity contribution in [2.75, 3.05) is 0 Å². The largest absolute Gasteiger partial charge is 3.00 e. The van der Waals surface area contributed by atoms with Gasteiger partial charge in [0.05, 0.1) is 8.07 Å². The van der Waals surface area contributed by atoms with Crippen LogP contribution < -0.4 is 30.0 Å². The van der Waals surface area contributed by atoms with E-state index in [0.717, 1.165) is 0 Å². The molecule has 0 bridgehead atoms. The SMILES string of the molecule is CC1(C)CC(C)(C)[Si]1(c1[cH-]c2ccccc2c1-c1ccccc1)C1C=CC=C1.[Cl-].[Cl-].[Zr+3]. The minimum absolute atomic E-state index is 0. The zero-order valence-corrected chi connectivity index (χ0v) is 23.6. The van der Waals surface area contributed by atoms with Gasteiger partial charge >= 0.3 is 26.2 Å². The molecule has 1 saturated heterocycles. The standard InChI is InChI=1S/C27H29Si.2ClH.Zr/c1-26(2)19-27(3,4)28(26,22-15-9-10-16-22)24-18-21-14-8-11-17-23(21)25(24)20-12-6-5-7-13-20;;;/h5-18,22H,19H2,1-4H3;2*1H;/q-1;;;+3/p-2. The number of fused-ring (bicyclic) bond motifs is 1. The fourth-order valence-corrected chi connectivity index (χ4v) is 15.6. The summed E-state index contributed by atoms with van der Waals surface area (Å²) >= 11 is 0. The van der Waals surface area contributed by atoms with Crippen molar-refractivity contribution in [1.29, 1.82) is 0 Å². The van der Waals surface area contributed by atoms with Gasteiger partial charge in [-0.05, 0) is 22.0 Å². The van der Waals surface area contributed by atoms with E-state index >= 15 is 0 Å². The van der Waals surface area contributed by atoms with E-state index in [0.29, 0.717) is 15.6 Å². The number of rotatable bonds is 3. The summed E-state index contributed by atoms with van der Waals surface area (Å²) in [6.07, 6.45) is 10.8. The van der Waals surface area contributed by atoms with E-state index in [2.05, 4.69) is 113 Å². The van der Waals surface area contributed by atoms with Gasteiger partial charge in [-0.2, -0.15) is 0 Å². The van der Waals surface area contributed by atoms with Crippen LogP contribution in [0.15, 0.2) is 85.0 Å². The van der Waals surface area contributed by atoms with Crippen molar-refractivity contribution in [1.82, 2.24) is 0 Å². The molecule has 0 spiro atoms. The van der Waals surface area contributed by atoms with E-state index in [-0.39, 0.29) is 51.0 Å². The third-order valence-corrected chi connectivity index (χ3v) is 14.8. The second kappa shape index (κ2) is 9.22. The first-order valence-corrected chi connectivity index (χ1v) is 12.6. The Labute approximate surface area is 219 Å². The molecule has 31 heavy (non-hydrogen) atoms. The normalized spacial score (nSPS) is 19.7. The van der Waals surface area contributed by atoms with Gasteiger partial charge in [-0.3, -0.25) is 0 Å². The second-order valence-corrected chi connectivity index (χ2v) is 15.5. The van der Waals surface area contributed by atoms with Crippen molar-refractivity contribution in [3.63, 3.8) is 0 Å². The average Bonchev–Trinajstić information content (AvgIpc) is 3.29. The van der Waals surface area contributed by atoms with Crippen LogP contribution in [0.25, 0.3) is 21.9 Å². The molecule has 0 aromatic heterocycles. The number of halogens is 2. The van der Waals surface area contributed by atoms with Gasteiger partial charge in [0.1, 0.15) is 0 Å². The molecule has 0 atom stereocenters. The Balaban J connectivity index is 0.00000114. The zero-order chi connectivity index (χ0) is 19.6. The first kappa shape index (κ1) is 26.5. The molecule has 1 heterocycles. The molecular formula is C27H29Cl2SiZr.